The largest absolute Gasteiger partial charge is 0.335 e. The number of nitrogens with zero attached hydrogens (tertiary/aromatic N) is 3. The lowest BCUT2D eigenvalue weighted by Crippen LogP contribution is -2.61. The molecule has 1 aromatic carbocycles. The Morgan fingerprint density at radius 3 is 2.58 bits per heavy atom. The van der Waals surface area contributed by atoms with Gasteiger partial charge in [0.25, 0.3) is 5.91 Å². The number of aromatic nitrogens is 1. The van der Waals surface area contributed by atoms with Crippen LogP contribution >= 0.6 is 11.3 Å². The molecule has 132 valence electrons. The third-order valence-electron chi connectivity index (χ3n) is 5.52. The van der Waals surface area contributed by atoms with Gasteiger partial charge in [-0.25, -0.2) is 0 Å². The van der Waals surface area contributed by atoms with Crippen molar-refractivity contribution in [1.82, 2.24) is 14.4 Å². The second kappa shape index (κ2) is 6.41. The summed E-state index contributed by atoms with van der Waals surface area (Å²) in [4.78, 5) is 18.8. The van der Waals surface area contributed by atoms with Crippen LogP contribution in [-0.2, 0) is 13.0 Å². The van der Waals surface area contributed by atoms with Crippen molar-refractivity contribution in [3.63, 3.8) is 0 Å². The Bertz CT molecular complexity index is 907. The number of rotatable bonds is 3. The van der Waals surface area contributed by atoms with E-state index in [-0.39, 0.29) is 5.91 Å². The summed E-state index contributed by atoms with van der Waals surface area (Å²) in [6, 6.07) is 14.6. The lowest BCUT2D eigenvalue weighted by molar-refractivity contribution is 0.0221. The summed E-state index contributed by atoms with van der Waals surface area (Å²) in [5, 5.41) is 2.20. The van der Waals surface area contributed by atoms with Crippen molar-refractivity contribution in [1.29, 1.82) is 0 Å². The standard InChI is InChI=1S/C21H21N3OS/c25-21(16-3-5-18(6-4-16)22-9-1-2-10-22)24-14-19(15-24)23-11-7-20-17(13-23)8-12-26-20/h1-6,8-10,12,19H,7,11,13-15H2. The highest BCUT2D eigenvalue weighted by Gasteiger charge is 2.36. The molecule has 2 aromatic heterocycles. The van der Waals surface area contributed by atoms with Gasteiger partial charge in [-0.2, -0.15) is 0 Å². The van der Waals surface area contributed by atoms with Gasteiger partial charge in [0.05, 0.1) is 0 Å². The maximum atomic E-state index is 12.7. The van der Waals surface area contributed by atoms with Gasteiger partial charge in [-0.3, -0.25) is 9.69 Å². The van der Waals surface area contributed by atoms with E-state index >= 15 is 0 Å². The Kier molecular flexibility index (Phi) is 3.91. The van der Waals surface area contributed by atoms with Gasteiger partial charge in [0, 0.05) is 60.7 Å². The van der Waals surface area contributed by atoms with E-state index in [9.17, 15) is 4.79 Å². The maximum Gasteiger partial charge on any atom is 0.253 e. The molecule has 1 fully saturated rings. The van der Waals surface area contributed by atoms with Crippen LogP contribution in [0, 0.1) is 0 Å². The Labute approximate surface area is 157 Å². The van der Waals surface area contributed by atoms with Gasteiger partial charge in [0.2, 0.25) is 0 Å². The van der Waals surface area contributed by atoms with Crippen molar-refractivity contribution in [3.05, 3.63) is 76.2 Å². The fourth-order valence-corrected chi connectivity index (χ4v) is 4.79. The molecule has 0 N–H and O–H groups in total. The van der Waals surface area contributed by atoms with Gasteiger partial charge < -0.3 is 9.47 Å². The van der Waals surface area contributed by atoms with Crippen LogP contribution in [0.1, 0.15) is 20.8 Å². The summed E-state index contributed by atoms with van der Waals surface area (Å²) in [6.07, 6.45) is 5.17. The zero-order valence-electron chi connectivity index (χ0n) is 14.5. The number of benzene rings is 1. The summed E-state index contributed by atoms with van der Waals surface area (Å²) in [5.41, 5.74) is 3.33. The summed E-state index contributed by atoms with van der Waals surface area (Å²) < 4.78 is 2.04. The average molecular weight is 363 g/mol. The molecule has 0 spiro atoms. The number of carbonyl (C=O) groups excluding carboxylic acids is 1. The zero-order chi connectivity index (χ0) is 17.5. The molecule has 0 saturated carbocycles. The van der Waals surface area contributed by atoms with E-state index in [2.05, 4.69) is 16.3 Å². The van der Waals surface area contributed by atoms with Crippen LogP contribution in [0.25, 0.3) is 5.69 Å². The monoisotopic (exact) mass is 363 g/mol. The second-order valence-corrected chi connectivity index (χ2v) is 8.09. The molecule has 0 bridgehead atoms. The molecular weight excluding hydrogens is 342 g/mol. The van der Waals surface area contributed by atoms with Gasteiger partial charge in [-0.05, 0) is 59.8 Å². The normalized spacial score (nSPS) is 17.8. The van der Waals surface area contributed by atoms with E-state index < -0.39 is 0 Å². The van der Waals surface area contributed by atoms with Gasteiger partial charge in [-0.1, -0.05) is 0 Å². The van der Waals surface area contributed by atoms with E-state index in [4.69, 9.17) is 0 Å². The number of amides is 1. The predicted octanol–water partition coefficient (Wildman–Crippen LogP) is 3.42. The first-order chi connectivity index (χ1) is 12.8. The second-order valence-electron chi connectivity index (χ2n) is 7.09. The minimum absolute atomic E-state index is 0.147. The topological polar surface area (TPSA) is 28.5 Å². The molecule has 2 aliphatic rings. The highest BCUT2D eigenvalue weighted by Crippen LogP contribution is 2.28. The molecular formula is C21H21N3OS. The highest BCUT2D eigenvalue weighted by atomic mass is 32.1. The molecule has 3 aromatic rings. The molecule has 5 heteroatoms. The van der Waals surface area contributed by atoms with E-state index in [1.54, 1.807) is 0 Å². The molecule has 0 unspecified atom stereocenters. The van der Waals surface area contributed by atoms with Crippen LogP contribution in [0.2, 0.25) is 0 Å². The van der Waals surface area contributed by atoms with Crippen LogP contribution < -0.4 is 0 Å². The molecule has 4 heterocycles. The smallest absolute Gasteiger partial charge is 0.253 e. The van der Waals surface area contributed by atoms with Crippen LogP contribution in [-0.4, -0.2) is 46.0 Å². The number of hydrogen-bond acceptors (Lipinski definition) is 3. The summed E-state index contributed by atoms with van der Waals surface area (Å²) in [6.45, 7) is 3.85. The van der Waals surface area contributed by atoms with E-state index in [1.165, 1.54) is 10.4 Å². The number of likely N-dealkylation sites (tertiary alicyclic amines) is 1. The van der Waals surface area contributed by atoms with Crippen molar-refractivity contribution in [2.75, 3.05) is 19.6 Å². The van der Waals surface area contributed by atoms with Crippen molar-refractivity contribution in [2.24, 2.45) is 0 Å². The maximum absolute atomic E-state index is 12.7. The molecule has 0 atom stereocenters. The first-order valence-electron chi connectivity index (χ1n) is 9.10. The van der Waals surface area contributed by atoms with E-state index in [0.29, 0.717) is 6.04 Å². The number of carbonyl (C=O) groups is 1. The van der Waals surface area contributed by atoms with Gasteiger partial charge >= 0.3 is 0 Å². The fraction of sp³-hybridized carbons (Fsp3) is 0.286. The third-order valence-corrected chi connectivity index (χ3v) is 6.54. The molecule has 5 rings (SSSR count). The molecule has 4 nitrogen and oxygen atoms in total. The summed E-state index contributed by atoms with van der Waals surface area (Å²) >= 11 is 1.87. The van der Waals surface area contributed by atoms with Crippen LogP contribution in [0.5, 0.6) is 0 Å². The fourth-order valence-electron chi connectivity index (χ4n) is 3.90. The van der Waals surface area contributed by atoms with E-state index in [0.717, 1.165) is 43.9 Å². The lowest BCUT2D eigenvalue weighted by atomic mass is 10.0. The summed E-state index contributed by atoms with van der Waals surface area (Å²) in [7, 11) is 0. The number of thiophene rings is 1. The van der Waals surface area contributed by atoms with Crippen molar-refractivity contribution >= 4 is 17.2 Å². The van der Waals surface area contributed by atoms with Gasteiger partial charge in [-0.15, -0.1) is 11.3 Å². The first kappa shape index (κ1) is 15.9. The predicted molar refractivity (Wildman–Crippen MR) is 104 cm³/mol. The Hall–Kier alpha value is -2.37. The van der Waals surface area contributed by atoms with Crippen molar-refractivity contribution < 1.29 is 4.79 Å². The minimum Gasteiger partial charge on any atom is -0.335 e. The lowest BCUT2D eigenvalue weighted by Gasteiger charge is -2.46. The van der Waals surface area contributed by atoms with Gasteiger partial charge in [0.15, 0.2) is 0 Å². The van der Waals surface area contributed by atoms with Crippen molar-refractivity contribution in [2.45, 2.75) is 19.0 Å². The average Bonchev–Trinajstić information content (AvgIpc) is 3.32. The Balaban J connectivity index is 1.20. The van der Waals surface area contributed by atoms with E-state index in [1.807, 2.05) is 69.6 Å². The molecule has 1 saturated heterocycles. The van der Waals surface area contributed by atoms with Crippen LogP contribution in [0.3, 0.4) is 0 Å². The van der Waals surface area contributed by atoms with Crippen molar-refractivity contribution in [3.8, 4) is 5.69 Å². The minimum atomic E-state index is 0.147. The molecule has 0 radical (unpaired) electrons. The summed E-state index contributed by atoms with van der Waals surface area (Å²) in [5.74, 6) is 0.147. The zero-order valence-corrected chi connectivity index (χ0v) is 15.4. The first-order valence-corrected chi connectivity index (χ1v) is 9.98. The molecule has 1 amide bonds. The van der Waals surface area contributed by atoms with Crippen LogP contribution in [0.15, 0.2) is 60.2 Å². The Morgan fingerprint density at radius 2 is 1.81 bits per heavy atom. The Morgan fingerprint density at radius 1 is 1.04 bits per heavy atom. The number of hydrogen-bond donors (Lipinski definition) is 0. The SMILES string of the molecule is O=C(c1ccc(-n2cccc2)cc1)N1CC(N2CCc3sccc3C2)C1. The molecule has 26 heavy (non-hydrogen) atoms. The highest BCUT2D eigenvalue weighted by molar-refractivity contribution is 7.10. The van der Waals surface area contributed by atoms with Gasteiger partial charge in [0.1, 0.15) is 0 Å². The molecule has 0 aliphatic carbocycles. The van der Waals surface area contributed by atoms with Crippen LogP contribution in [0.4, 0.5) is 0 Å². The molecule has 2 aliphatic heterocycles. The third kappa shape index (κ3) is 2.77. The quantitative estimate of drug-likeness (QED) is 0.713. The number of fused-ring (bicyclic) bond motifs is 1.